The lowest BCUT2D eigenvalue weighted by Crippen LogP contribution is -2.02. The molecule has 1 aromatic heterocycles. The lowest BCUT2D eigenvalue weighted by molar-refractivity contribution is 0.0697. The van der Waals surface area contributed by atoms with Gasteiger partial charge in [0.05, 0.1) is 17.4 Å². The topological polar surface area (TPSA) is 68.0 Å². The maximum absolute atomic E-state index is 11.1. The number of hydrogen-bond donors (Lipinski definition) is 1. The third kappa shape index (κ3) is 2.71. The second kappa shape index (κ2) is 5.61. The number of halogens is 1. The van der Waals surface area contributed by atoms with Gasteiger partial charge in [0.1, 0.15) is 5.69 Å². The lowest BCUT2D eigenvalue weighted by Gasteiger charge is -2.05. The fourth-order valence-corrected chi connectivity index (χ4v) is 2.25. The van der Waals surface area contributed by atoms with Gasteiger partial charge in [0.25, 0.3) is 0 Å². The molecule has 0 unspecified atom stereocenters. The van der Waals surface area contributed by atoms with Crippen molar-refractivity contribution < 1.29 is 9.90 Å². The van der Waals surface area contributed by atoms with Crippen molar-refractivity contribution in [3.8, 4) is 16.9 Å². The molecule has 2 aromatic carbocycles. The van der Waals surface area contributed by atoms with Gasteiger partial charge in [-0.3, -0.25) is 0 Å². The van der Waals surface area contributed by atoms with E-state index >= 15 is 0 Å². The predicted octanol–water partition coefficient (Wildman–Crippen LogP) is 3.59. The standard InChI is InChI=1S/C16H12ClN3O2/c1-10-2-3-12(16(21)22)8-15(10)20-9-14(18-19-20)11-4-6-13(17)7-5-11/h2-9H,1H3,(H,21,22). The maximum atomic E-state index is 11.1. The molecule has 0 aliphatic carbocycles. The van der Waals surface area contributed by atoms with Crippen LogP contribution in [0.3, 0.4) is 0 Å². The van der Waals surface area contributed by atoms with E-state index in [4.69, 9.17) is 16.7 Å². The van der Waals surface area contributed by atoms with Gasteiger partial charge in [-0.05, 0) is 36.8 Å². The van der Waals surface area contributed by atoms with E-state index in [-0.39, 0.29) is 5.56 Å². The number of benzene rings is 2. The number of aryl methyl sites for hydroxylation is 1. The van der Waals surface area contributed by atoms with Crippen LogP contribution < -0.4 is 0 Å². The molecular formula is C16H12ClN3O2. The Morgan fingerprint density at radius 3 is 2.59 bits per heavy atom. The van der Waals surface area contributed by atoms with Crippen LogP contribution in [0, 0.1) is 6.92 Å². The molecule has 1 N–H and O–H groups in total. The molecule has 110 valence electrons. The Morgan fingerprint density at radius 1 is 1.18 bits per heavy atom. The molecule has 0 atom stereocenters. The highest BCUT2D eigenvalue weighted by molar-refractivity contribution is 6.30. The van der Waals surface area contributed by atoms with Crippen LogP contribution in [0.15, 0.2) is 48.7 Å². The summed E-state index contributed by atoms with van der Waals surface area (Å²) in [6.07, 6.45) is 1.76. The van der Waals surface area contributed by atoms with E-state index in [0.717, 1.165) is 11.1 Å². The average Bonchev–Trinajstić information content (AvgIpc) is 2.98. The highest BCUT2D eigenvalue weighted by Gasteiger charge is 2.10. The summed E-state index contributed by atoms with van der Waals surface area (Å²) in [6, 6.07) is 12.2. The minimum absolute atomic E-state index is 0.212. The molecule has 1 heterocycles. The van der Waals surface area contributed by atoms with Crippen LogP contribution in [-0.2, 0) is 0 Å². The van der Waals surface area contributed by atoms with Gasteiger partial charge >= 0.3 is 5.97 Å². The number of carboxylic acids is 1. The van der Waals surface area contributed by atoms with Crippen molar-refractivity contribution in [3.63, 3.8) is 0 Å². The Bertz CT molecular complexity index is 841. The van der Waals surface area contributed by atoms with Gasteiger partial charge in [0.2, 0.25) is 0 Å². The average molecular weight is 314 g/mol. The number of hydrogen-bond acceptors (Lipinski definition) is 3. The predicted molar refractivity (Wildman–Crippen MR) is 83.5 cm³/mol. The number of nitrogens with zero attached hydrogens (tertiary/aromatic N) is 3. The zero-order chi connectivity index (χ0) is 15.7. The molecule has 0 saturated heterocycles. The fourth-order valence-electron chi connectivity index (χ4n) is 2.12. The first kappa shape index (κ1) is 14.3. The third-order valence-corrected chi connectivity index (χ3v) is 3.59. The Labute approximate surface area is 131 Å². The molecular weight excluding hydrogens is 302 g/mol. The van der Waals surface area contributed by atoms with Crippen molar-refractivity contribution in [2.75, 3.05) is 0 Å². The van der Waals surface area contributed by atoms with Crippen LogP contribution in [0.1, 0.15) is 15.9 Å². The number of carbonyl (C=O) groups is 1. The Hall–Kier alpha value is -2.66. The van der Waals surface area contributed by atoms with Gasteiger partial charge in [0.15, 0.2) is 0 Å². The molecule has 0 amide bonds. The van der Waals surface area contributed by atoms with Crippen LogP contribution in [0.5, 0.6) is 0 Å². The first-order chi connectivity index (χ1) is 10.5. The number of rotatable bonds is 3. The van der Waals surface area contributed by atoms with Gasteiger partial charge in [-0.25, -0.2) is 9.48 Å². The Balaban J connectivity index is 2.02. The third-order valence-electron chi connectivity index (χ3n) is 3.34. The summed E-state index contributed by atoms with van der Waals surface area (Å²) >= 11 is 5.87. The van der Waals surface area contributed by atoms with Gasteiger partial charge in [-0.1, -0.05) is 35.0 Å². The first-order valence-electron chi connectivity index (χ1n) is 6.57. The highest BCUT2D eigenvalue weighted by atomic mass is 35.5. The molecule has 22 heavy (non-hydrogen) atoms. The Morgan fingerprint density at radius 2 is 1.91 bits per heavy atom. The van der Waals surface area contributed by atoms with Crippen molar-refractivity contribution in [2.24, 2.45) is 0 Å². The SMILES string of the molecule is Cc1ccc(C(=O)O)cc1-n1cc(-c2ccc(Cl)cc2)nn1. The van der Waals surface area contributed by atoms with E-state index in [1.807, 2.05) is 19.1 Å². The van der Waals surface area contributed by atoms with E-state index in [0.29, 0.717) is 16.4 Å². The number of aromatic carboxylic acids is 1. The molecule has 3 rings (SSSR count). The normalized spacial score (nSPS) is 10.6. The molecule has 0 aliphatic rings. The summed E-state index contributed by atoms with van der Waals surface area (Å²) in [7, 11) is 0. The molecule has 0 aliphatic heterocycles. The smallest absolute Gasteiger partial charge is 0.335 e. The maximum Gasteiger partial charge on any atom is 0.335 e. The van der Waals surface area contributed by atoms with Crippen molar-refractivity contribution >= 4 is 17.6 Å². The summed E-state index contributed by atoms with van der Waals surface area (Å²) in [6.45, 7) is 1.89. The van der Waals surface area contributed by atoms with Crippen LogP contribution in [-0.4, -0.2) is 26.1 Å². The minimum Gasteiger partial charge on any atom is -0.478 e. The zero-order valence-corrected chi connectivity index (χ0v) is 12.4. The van der Waals surface area contributed by atoms with Crippen LogP contribution >= 0.6 is 11.6 Å². The lowest BCUT2D eigenvalue weighted by atomic mass is 10.1. The van der Waals surface area contributed by atoms with E-state index in [1.54, 1.807) is 41.2 Å². The second-order valence-electron chi connectivity index (χ2n) is 4.86. The summed E-state index contributed by atoms with van der Waals surface area (Å²) in [5.74, 6) is -0.973. The molecule has 3 aromatic rings. The summed E-state index contributed by atoms with van der Waals surface area (Å²) in [4.78, 5) is 11.1. The molecule has 6 heteroatoms. The number of carboxylic acid groups (broad SMARTS) is 1. The monoisotopic (exact) mass is 313 g/mol. The van der Waals surface area contributed by atoms with Crippen LogP contribution in [0.25, 0.3) is 16.9 Å². The zero-order valence-electron chi connectivity index (χ0n) is 11.7. The van der Waals surface area contributed by atoms with Crippen molar-refractivity contribution in [3.05, 3.63) is 64.8 Å². The molecule has 0 fully saturated rings. The second-order valence-corrected chi connectivity index (χ2v) is 5.30. The highest BCUT2D eigenvalue weighted by Crippen LogP contribution is 2.21. The molecule has 5 nitrogen and oxygen atoms in total. The number of aromatic nitrogens is 3. The van der Waals surface area contributed by atoms with Crippen molar-refractivity contribution in [2.45, 2.75) is 6.92 Å². The Kier molecular flexibility index (Phi) is 3.65. The van der Waals surface area contributed by atoms with Crippen molar-refractivity contribution in [1.29, 1.82) is 0 Å². The van der Waals surface area contributed by atoms with Crippen LogP contribution in [0.2, 0.25) is 5.02 Å². The van der Waals surface area contributed by atoms with E-state index in [2.05, 4.69) is 10.3 Å². The van der Waals surface area contributed by atoms with Gasteiger partial charge in [-0.15, -0.1) is 5.10 Å². The van der Waals surface area contributed by atoms with Gasteiger partial charge in [0, 0.05) is 10.6 Å². The summed E-state index contributed by atoms with van der Waals surface area (Å²) in [5.41, 5.74) is 3.40. The van der Waals surface area contributed by atoms with Gasteiger partial charge in [-0.2, -0.15) is 0 Å². The molecule has 0 bridgehead atoms. The molecule has 0 saturated carbocycles. The fraction of sp³-hybridized carbons (Fsp3) is 0.0625. The minimum atomic E-state index is -0.973. The largest absolute Gasteiger partial charge is 0.478 e. The summed E-state index contributed by atoms with van der Waals surface area (Å²) < 4.78 is 1.58. The van der Waals surface area contributed by atoms with Gasteiger partial charge < -0.3 is 5.11 Å². The van der Waals surface area contributed by atoms with Crippen LogP contribution in [0.4, 0.5) is 0 Å². The van der Waals surface area contributed by atoms with E-state index in [1.165, 1.54) is 0 Å². The van der Waals surface area contributed by atoms with Crippen molar-refractivity contribution in [1.82, 2.24) is 15.0 Å². The van der Waals surface area contributed by atoms with E-state index < -0.39 is 5.97 Å². The first-order valence-corrected chi connectivity index (χ1v) is 6.95. The molecule has 0 spiro atoms. The van der Waals surface area contributed by atoms with E-state index in [9.17, 15) is 4.79 Å². The molecule has 0 radical (unpaired) electrons. The summed E-state index contributed by atoms with van der Waals surface area (Å²) in [5, 5.41) is 18.0. The quantitative estimate of drug-likeness (QED) is 0.802.